The first-order valence-electron chi connectivity index (χ1n) is 10.4. The highest BCUT2D eigenvalue weighted by molar-refractivity contribution is 5.76. The minimum Gasteiger partial charge on any atom is -0.473 e. The van der Waals surface area contributed by atoms with Crippen molar-refractivity contribution >= 4 is 16.7 Å². The van der Waals surface area contributed by atoms with E-state index in [0.717, 1.165) is 6.07 Å². The van der Waals surface area contributed by atoms with E-state index >= 15 is 0 Å². The second-order valence-electron chi connectivity index (χ2n) is 7.10. The Bertz CT molecular complexity index is 1130. The van der Waals surface area contributed by atoms with Crippen molar-refractivity contribution in [3.63, 3.8) is 0 Å². The molecule has 2 aromatic carbocycles. The van der Waals surface area contributed by atoms with Crippen molar-refractivity contribution < 1.29 is 18.3 Å². The standard InChI is InChI=1S/C21H19F2N5O2.C2H6/c22-15-2-3-16(25)14(10-24)20(15)30-13-1-4-17-18(9-13)28-19(11-27-17)29-12-21(23)5-7-26-8-6-21;1-2/h1-4,9,11,26H,5-8,12,25H2;1-2H3. The van der Waals surface area contributed by atoms with E-state index < -0.39 is 11.5 Å². The number of anilines is 1. The summed E-state index contributed by atoms with van der Waals surface area (Å²) in [7, 11) is 0. The third kappa shape index (κ3) is 5.21. The summed E-state index contributed by atoms with van der Waals surface area (Å²) in [6.45, 7) is 5.11. The molecular formula is C23H25F2N5O2. The molecule has 168 valence electrons. The molecule has 0 saturated carbocycles. The summed E-state index contributed by atoms with van der Waals surface area (Å²) in [5.74, 6) is -0.542. The lowest BCUT2D eigenvalue weighted by atomic mass is 9.96. The Hall–Kier alpha value is -3.51. The number of aromatic nitrogens is 2. The van der Waals surface area contributed by atoms with Gasteiger partial charge in [0.25, 0.3) is 0 Å². The van der Waals surface area contributed by atoms with Crippen molar-refractivity contribution in [2.75, 3.05) is 25.4 Å². The van der Waals surface area contributed by atoms with Gasteiger partial charge in [0, 0.05) is 6.07 Å². The van der Waals surface area contributed by atoms with Crippen LogP contribution >= 0.6 is 0 Å². The van der Waals surface area contributed by atoms with Crippen LogP contribution in [0.2, 0.25) is 0 Å². The second-order valence-corrected chi connectivity index (χ2v) is 7.10. The lowest BCUT2D eigenvalue weighted by Crippen LogP contribution is -2.42. The average Bonchev–Trinajstić information content (AvgIpc) is 2.82. The summed E-state index contributed by atoms with van der Waals surface area (Å²) in [6, 6.07) is 9.03. The molecule has 9 heteroatoms. The van der Waals surface area contributed by atoms with E-state index in [1.807, 2.05) is 19.9 Å². The third-order valence-electron chi connectivity index (χ3n) is 4.94. The number of hydrogen-bond acceptors (Lipinski definition) is 7. The van der Waals surface area contributed by atoms with Gasteiger partial charge in [-0.2, -0.15) is 5.26 Å². The largest absolute Gasteiger partial charge is 0.473 e. The average molecular weight is 441 g/mol. The minimum atomic E-state index is -1.40. The number of piperidine rings is 1. The van der Waals surface area contributed by atoms with Crippen molar-refractivity contribution in [2.45, 2.75) is 32.4 Å². The number of nitriles is 1. The number of nitrogens with two attached hydrogens (primary N) is 1. The molecule has 4 rings (SSSR count). The van der Waals surface area contributed by atoms with Gasteiger partial charge in [-0.1, -0.05) is 13.8 Å². The van der Waals surface area contributed by atoms with E-state index in [2.05, 4.69) is 15.3 Å². The van der Waals surface area contributed by atoms with Gasteiger partial charge >= 0.3 is 0 Å². The summed E-state index contributed by atoms with van der Waals surface area (Å²) in [5.41, 5.74) is 5.33. The fourth-order valence-corrected chi connectivity index (χ4v) is 3.24. The van der Waals surface area contributed by atoms with Crippen molar-refractivity contribution in [3.05, 3.63) is 47.9 Å². The van der Waals surface area contributed by atoms with Crippen LogP contribution in [0, 0.1) is 17.1 Å². The van der Waals surface area contributed by atoms with Crippen molar-refractivity contribution in [2.24, 2.45) is 0 Å². The normalized spacial score (nSPS) is 14.7. The SMILES string of the molecule is CC.N#Cc1c(N)ccc(F)c1Oc1ccc2ncc(OCC3(F)CCNCC3)nc2c1. The molecule has 3 aromatic rings. The summed E-state index contributed by atoms with van der Waals surface area (Å²) < 4.78 is 40.0. The molecule has 32 heavy (non-hydrogen) atoms. The van der Waals surface area contributed by atoms with Gasteiger partial charge in [-0.15, -0.1) is 0 Å². The second kappa shape index (κ2) is 10.2. The molecule has 0 atom stereocenters. The highest BCUT2D eigenvalue weighted by atomic mass is 19.1. The van der Waals surface area contributed by atoms with Gasteiger partial charge in [0.2, 0.25) is 5.88 Å². The van der Waals surface area contributed by atoms with E-state index in [-0.39, 0.29) is 35.2 Å². The van der Waals surface area contributed by atoms with Crippen LogP contribution in [0.25, 0.3) is 11.0 Å². The minimum absolute atomic E-state index is 0.0894. The summed E-state index contributed by atoms with van der Waals surface area (Å²) in [6.07, 6.45) is 2.18. The van der Waals surface area contributed by atoms with Gasteiger partial charge < -0.3 is 20.5 Å². The fourth-order valence-electron chi connectivity index (χ4n) is 3.24. The predicted molar refractivity (Wildman–Crippen MR) is 118 cm³/mol. The molecule has 1 aliphatic rings. The molecule has 2 heterocycles. The maximum atomic E-state index is 14.7. The molecule has 7 nitrogen and oxygen atoms in total. The topological polar surface area (TPSA) is 106 Å². The first-order valence-corrected chi connectivity index (χ1v) is 10.4. The molecule has 0 amide bonds. The quantitative estimate of drug-likeness (QED) is 0.561. The van der Waals surface area contributed by atoms with Crippen LogP contribution < -0.4 is 20.5 Å². The number of nitrogens with one attached hydrogen (secondary N) is 1. The molecule has 0 bridgehead atoms. The van der Waals surface area contributed by atoms with Gasteiger partial charge in [-0.25, -0.2) is 18.7 Å². The first-order chi connectivity index (χ1) is 15.5. The zero-order chi connectivity index (χ0) is 23.1. The third-order valence-corrected chi connectivity index (χ3v) is 4.94. The highest BCUT2D eigenvalue weighted by Gasteiger charge is 2.32. The Kier molecular flexibility index (Phi) is 7.38. The van der Waals surface area contributed by atoms with Crippen LogP contribution in [0.1, 0.15) is 32.3 Å². The van der Waals surface area contributed by atoms with Crippen LogP contribution in [0.4, 0.5) is 14.5 Å². The van der Waals surface area contributed by atoms with E-state index in [0.29, 0.717) is 37.0 Å². The fraction of sp³-hybridized carbons (Fsp3) is 0.348. The Labute approximate surface area is 185 Å². The molecule has 1 fully saturated rings. The number of alkyl halides is 1. The van der Waals surface area contributed by atoms with Gasteiger partial charge in [0.05, 0.1) is 22.9 Å². The number of nitrogen functional groups attached to an aromatic ring is 1. The van der Waals surface area contributed by atoms with Gasteiger partial charge in [0.15, 0.2) is 11.6 Å². The maximum absolute atomic E-state index is 14.7. The van der Waals surface area contributed by atoms with E-state index in [4.69, 9.17) is 15.2 Å². The van der Waals surface area contributed by atoms with Crippen molar-refractivity contribution in [3.8, 4) is 23.4 Å². The number of benzene rings is 2. The summed E-state index contributed by atoms with van der Waals surface area (Å²) in [4.78, 5) is 8.60. The summed E-state index contributed by atoms with van der Waals surface area (Å²) in [5, 5.41) is 12.4. The van der Waals surface area contributed by atoms with E-state index in [1.165, 1.54) is 18.3 Å². The molecule has 1 aliphatic heterocycles. The van der Waals surface area contributed by atoms with Crippen LogP contribution in [0.5, 0.6) is 17.4 Å². The maximum Gasteiger partial charge on any atom is 0.233 e. The zero-order valence-corrected chi connectivity index (χ0v) is 18.0. The van der Waals surface area contributed by atoms with Crippen molar-refractivity contribution in [1.82, 2.24) is 15.3 Å². The number of rotatable bonds is 5. The molecule has 0 spiro atoms. The molecule has 1 aromatic heterocycles. The molecule has 1 saturated heterocycles. The molecule has 0 unspecified atom stereocenters. The molecule has 0 aliphatic carbocycles. The van der Waals surface area contributed by atoms with Gasteiger partial charge in [-0.3, -0.25) is 0 Å². The van der Waals surface area contributed by atoms with Gasteiger partial charge in [-0.05, 0) is 50.2 Å². The Morgan fingerprint density at radius 1 is 1.19 bits per heavy atom. The van der Waals surface area contributed by atoms with E-state index in [9.17, 15) is 14.0 Å². The van der Waals surface area contributed by atoms with Crippen molar-refractivity contribution in [1.29, 1.82) is 5.26 Å². The lowest BCUT2D eigenvalue weighted by molar-refractivity contribution is 0.0519. The number of nitrogens with zero attached hydrogens (tertiary/aromatic N) is 3. The first kappa shape index (κ1) is 23.2. The predicted octanol–water partition coefficient (Wildman–Crippen LogP) is 4.51. The Morgan fingerprint density at radius 2 is 1.94 bits per heavy atom. The summed E-state index contributed by atoms with van der Waals surface area (Å²) >= 11 is 0. The number of ether oxygens (including phenoxy) is 2. The molecule has 3 N–H and O–H groups in total. The Morgan fingerprint density at radius 3 is 2.66 bits per heavy atom. The van der Waals surface area contributed by atoms with Crippen LogP contribution in [0.3, 0.4) is 0 Å². The monoisotopic (exact) mass is 441 g/mol. The zero-order valence-electron chi connectivity index (χ0n) is 18.0. The van der Waals surface area contributed by atoms with Crippen LogP contribution in [-0.2, 0) is 0 Å². The number of fused-ring (bicyclic) bond motifs is 1. The smallest absolute Gasteiger partial charge is 0.233 e. The molecule has 0 radical (unpaired) electrons. The van der Waals surface area contributed by atoms with Crippen LogP contribution in [0.15, 0.2) is 36.5 Å². The number of hydrogen-bond donors (Lipinski definition) is 2. The highest BCUT2D eigenvalue weighted by Crippen LogP contribution is 2.33. The lowest BCUT2D eigenvalue weighted by Gasteiger charge is -2.29. The van der Waals surface area contributed by atoms with E-state index in [1.54, 1.807) is 12.1 Å². The Balaban J connectivity index is 0.00000141. The van der Waals surface area contributed by atoms with Crippen LogP contribution in [-0.4, -0.2) is 35.3 Å². The number of halogens is 2. The molecular weight excluding hydrogens is 416 g/mol. The van der Waals surface area contributed by atoms with Gasteiger partial charge in [0.1, 0.15) is 29.7 Å².